The fraction of sp³-hybridized carbons (Fsp3) is 0.417. The molecule has 1 saturated heterocycles. The summed E-state index contributed by atoms with van der Waals surface area (Å²) in [6.45, 7) is 1.39. The van der Waals surface area contributed by atoms with Crippen LogP contribution in [0, 0.1) is 5.92 Å². The third kappa shape index (κ3) is 6.84. The molecule has 0 saturated carbocycles. The molecule has 1 fully saturated rings. The first-order valence-electron chi connectivity index (χ1n) is 10.6. The van der Waals surface area contributed by atoms with Crippen molar-refractivity contribution in [2.45, 2.75) is 38.3 Å². The molecule has 1 atom stereocenters. The molecule has 1 heterocycles. The Morgan fingerprint density at radius 2 is 1.68 bits per heavy atom. The van der Waals surface area contributed by atoms with E-state index < -0.39 is 11.7 Å². The molecule has 0 unspecified atom stereocenters. The summed E-state index contributed by atoms with van der Waals surface area (Å²) in [5, 5.41) is 2.86. The Morgan fingerprint density at radius 1 is 1.00 bits per heavy atom. The number of benzene rings is 2. The normalized spacial score (nSPS) is 16.9. The molecule has 0 spiro atoms. The first-order chi connectivity index (χ1) is 14.8. The minimum absolute atomic E-state index is 0.0851. The smallest absolute Gasteiger partial charge is 0.355 e. The number of alkyl halides is 3. The topological polar surface area (TPSA) is 49.4 Å². The standard InChI is InChI=1S/C24H27F3N2O2/c25-24(26,27)21-11-8-19(9-12-21)14-15-28-23(31)20-10-13-22(30)29(17-20)16-4-7-18-5-2-1-3-6-18/h1-3,5-6,8-9,11-12,20H,4,7,10,13-17H2,(H,28,31)/t20-/m1/s1. The van der Waals surface area contributed by atoms with Crippen LogP contribution in [0.25, 0.3) is 0 Å². The van der Waals surface area contributed by atoms with Crippen molar-refractivity contribution in [3.8, 4) is 0 Å². The van der Waals surface area contributed by atoms with Gasteiger partial charge in [-0.1, -0.05) is 42.5 Å². The Balaban J connectivity index is 1.41. The van der Waals surface area contributed by atoms with Gasteiger partial charge in [0, 0.05) is 26.1 Å². The van der Waals surface area contributed by atoms with Gasteiger partial charge in [-0.2, -0.15) is 13.2 Å². The molecule has 0 bridgehead atoms. The van der Waals surface area contributed by atoms with Crippen LogP contribution in [0.15, 0.2) is 54.6 Å². The zero-order valence-corrected chi connectivity index (χ0v) is 17.3. The predicted molar refractivity (Wildman–Crippen MR) is 112 cm³/mol. The van der Waals surface area contributed by atoms with Gasteiger partial charge in [0.05, 0.1) is 11.5 Å². The third-order valence-corrected chi connectivity index (χ3v) is 5.60. The molecule has 166 valence electrons. The van der Waals surface area contributed by atoms with E-state index in [2.05, 4.69) is 17.4 Å². The van der Waals surface area contributed by atoms with E-state index in [-0.39, 0.29) is 17.7 Å². The van der Waals surface area contributed by atoms with Gasteiger partial charge < -0.3 is 10.2 Å². The first kappa shape index (κ1) is 22.8. The first-order valence-corrected chi connectivity index (χ1v) is 10.6. The van der Waals surface area contributed by atoms with Crippen molar-refractivity contribution in [3.63, 3.8) is 0 Å². The fourth-order valence-electron chi connectivity index (χ4n) is 3.80. The molecule has 2 amide bonds. The molecule has 0 aliphatic carbocycles. The van der Waals surface area contributed by atoms with Crippen molar-refractivity contribution in [2.24, 2.45) is 5.92 Å². The van der Waals surface area contributed by atoms with Gasteiger partial charge >= 0.3 is 6.18 Å². The molecule has 7 heteroatoms. The van der Waals surface area contributed by atoms with Crippen LogP contribution < -0.4 is 5.32 Å². The van der Waals surface area contributed by atoms with E-state index in [0.717, 1.165) is 30.5 Å². The summed E-state index contributed by atoms with van der Waals surface area (Å²) < 4.78 is 37.9. The van der Waals surface area contributed by atoms with Crippen LogP contribution >= 0.6 is 0 Å². The molecule has 31 heavy (non-hydrogen) atoms. The number of nitrogens with one attached hydrogen (secondary N) is 1. The zero-order valence-electron chi connectivity index (χ0n) is 17.3. The highest BCUT2D eigenvalue weighted by Gasteiger charge is 2.30. The van der Waals surface area contributed by atoms with Gasteiger partial charge in [0.25, 0.3) is 0 Å². The van der Waals surface area contributed by atoms with Crippen LogP contribution in [0.4, 0.5) is 13.2 Å². The highest BCUT2D eigenvalue weighted by atomic mass is 19.4. The van der Waals surface area contributed by atoms with Crippen molar-refractivity contribution in [1.29, 1.82) is 0 Å². The number of carbonyl (C=O) groups excluding carboxylic acids is 2. The minimum Gasteiger partial charge on any atom is -0.355 e. The monoisotopic (exact) mass is 432 g/mol. The maximum atomic E-state index is 12.6. The molecule has 0 radical (unpaired) electrons. The Labute approximate surface area is 180 Å². The Bertz CT molecular complexity index is 867. The Hall–Kier alpha value is -2.83. The van der Waals surface area contributed by atoms with Crippen molar-refractivity contribution < 1.29 is 22.8 Å². The quantitative estimate of drug-likeness (QED) is 0.679. The molecule has 2 aromatic rings. The van der Waals surface area contributed by atoms with Crippen LogP contribution in [-0.4, -0.2) is 36.3 Å². The van der Waals surface area contributed by atoms with E-state index in [1.54, 1.807) is 4.90 Å². The number of carbonyl (C=O) groups is 2. The highest BCUT2D eigenvalue weighted by Crippen LogP contribution is 2.29. The molecule has 1 aliphatic heterocycles. The van der Waals surface area contributed by atoms with Gasteiger partial charge in [0.15, 0.2) is 0 Å². The minimum atomic E-state index is -4.35. The number of likely N-dealkylation sites (tertiary alicyclic amines) is 1. The number of hydrogen-bond acceptors (Lipinski definition) is 2. The van der Waals surface area contributed by atoms with E-state index in [1.165, 1.54) is 17.7 Å². The second-order valence-corrected chi connectivity index (χ2v) is 7.90. The second-order valence-electron chi connectivity index (χ2n) is 7.90. The summed E-state index contributed by atoms with van der Waals surface area (Å²) in [5.41, 5.74) is 1.28. The number of amides is 2. The lowest BCUT2D eigenvalue weighted by Gasteiger charge is -2.32. The van der Waals surface area contributed by atoms with Gasteiger partial charge in [-0.3, -0.25) is 9.59 Å². The molecule has 0 aromatic heterocycles. The number of aryl methyl sites for hydroxylation is 1. The van der Waals surface area contributed by atoms with Crippen molar-refractivity contribution in [2.75, 3.05) is 19.6 Å². The van der Waals surface area contributed by atoms with E-state index in [0.29, 0.717) is 38.9 Å². The van der Waals surface area contributed by atoms with Gasteiger partial charge in [-0.05, 0) is 48.9 Å². The van der Waals surface area contributed by atoms with Gasteiger partial charge in [0.2, 0.25) is 11.8 Å². The van der Waals surface area contributed by atoms with Crippen LogP contribution in [-0.2, 0) is 28.6 Å². The molecule has 1 aliphatic rings. The predicted octanol–water partition coefficient (Wildman–Crippen LogP) is 4.24. The van der Waals surface area contributed by atoms with E-state index in [1.807, 2.05) is 18.2 Å². The van der Waals surface area contributed by atoms with Gasteiger partial charge in [-0.15, -0.1) is 0 Å². The summed E-state index contributed by atoms with van der Waals surface area (Å²) in [6, 6.07) is 15.0. The SMILES string of the molecule is O=C(NCCc1ccc(C(F)(F)F)cc1)[C@@H]1CCC(=O)N(CCCc2ccccc2)C1. The van der Waals surface area contributed by atoms with E-state index >= 15 is 0 Å². The second kappa shape index (κ2) is 10.5. The summed E-state index contributed by atoms with van der Waals surface area (Å²) in [7, 11) is 0. The number of hydrogen-bond donors (Lipinski definition) is 1. The maximum absolute atomic E-state index is 12.6. The van der Waals surface area contributed by atoms with Crippen LogP contribution in [0.1, 0.15) is 36.0 Å². The third-order valence-electron chi connectivity index (χ3n) is 5.60. The summed E-state index contributed by atoms with van der Waals surface area (Å²) in [6.07, 6.45) is -1.27. The van der Waals surface area contributed by atoms with Crippen LogP contribution in [0.3, 0.4) is 0 Å². The van der Waals surface area contributed by atoms with E-state index in [9.17, 15) is 22.8 Å². The molecule has 3 rings (SSSR count). The van der Waals surface area contributed by atoms with Crippen molar-refractivity contribution >= 4 is 11.8 Å². The van der Waals surface area contributed by atoms with Gasteiger partial charge in [-0.25, -0.2) is 0 Å². The largest absolute Gasteiger partial charge is 0.416 e. The highest BCUT2D eigenvalue weighted by molar-refractivity contribution is 5.83. The Morgan fingerprint density at radius 3 is 2.35 bits per heavy atom. The van der Waals surface area contributed by atoms with Crippen LogP contribution in [0.2, 0.25) is 0 Å². The molecule has 2 aromatic carbocycles. The van der Waals surface area contributed by atoms with Crippen molar-refractivity contribution in [3.05, 3.63) is 71.3 Å². The zero-order chi connectivity index (χ0) is 22.3. The number of nitrogens with zero attached hydrogens (tertiary/aromatic N) is 1. The molecule has 1 N–H and O–H groups in total. The maximum Gasteiger partial charge on any atom is 0.416 e. The van der Waals surface area contributed by atoms with Crippen LogP contribution in [0.5, 0.6) is 0 Å². The molecular weight excluding hydrogens is 405 g/mol. The van der Waals surface area contributed by atoms with Gasteiger partial charge in [0.1, 0.15) is 0 Å². The lowest BCUT2D eigenvalue weighted by molar-refractivity contribution is -0.139. The average molecular weight is 432 g/mol. The number of rotatable bonds is 8. The number of piperidine rings is 1. The summed E-state index contributed by atoms with van der Waals surface area (Å²) in [4.78, 5) is 26.5. The van der Waals surface area contributed by atoms with Crippen molar-refractivity contribution in [1.82, 2.24) is 10.2 Å². The lowest BCUT2D eigenvalue weighted by atomic mass is 9.96. The average Bonchev–Trinajstić information content (AvgIpc) is 2.75. The molecular formula is C24H27F3N2O2. The lowest BCUT2D eigenvalue weighted by Crippen LogP contribution is -2.46. The molecule has 4 nitrogen and oxygen atoms in total. The number of halogens is 3. The fourth-order valence-corrected chi connectivity index (χ4v) is 3.80. The summed E-state index contributed by atoms with van der Waals surface area (Å²) in [5.74, 6) is -0.267. The Kier molecular flexibility index (Phi) is 7.71. The van der Waals surface area contributed by atoms with E-state index in [4.69, 9.17) is 0 Å². The summed E-state index contributed by atoms with van der Waals surface area (Å²) >= 11 is 0.